The molecular formula is C18H18ClNO3S2. The molecule has 3 rings (SSSR count). The average Bonchev–Trinajstić information content (AvgIpc) is 3.28. The monoisotopic (exact) mass is 395 g/mol. The van der Waals surface area contributed by atoms with E-state index in [4.69, 9.17) is 34.3 Å². The highest BCUT2D eigenvalue weighted by Gasteiger charge is 2.73. The van der Waals surface area contributed by atoms with Gasteiger partial charge in [-0.15, -0.1) is 0 Å². The smallest absolute Gasteiger partial charge is 0.182 e. The first-order valence-electron chi connectivity index (χ1n) is 7.69. The topological polar surface area (TPSA) is 69.4 Å². The van der Waals surface area contributed by atoms with E-state index < -0.39 is 20.5 Å². The Labute approximate surface area is 157 Å². The fourth-order valence-electron chi connectivity index (χ4n) is 3.54. The van der Waals surface area contributed by atoms with Crippen molar-refractivity contribution in [2.75, 3.05) is 13.7 Å². The maximum atomic E-state index is 13.2. The second-order valence-electron chi connectivity index (χ2n) is 6.15. The molecule has 0 unspecified atom stereocenters. The summed E-state index contributed by atoms with van der Waals surface area (Å²) in [6.07, 6.45) is 0. The zero-order chi connectivity index (χ0) is 18.2. The summed E-state index contributed by atoms with van der Waals surface area (Å²) in [5.74, 6) is -0.368. The third-order valence-corrected chi connectivity index (χ3v) is 7.66. The van der Waals surface area contributed by atoms with Gasteiger partial charge in [-0.2, -0.15) is 0 Å². The molecule has 2 aromatic carbocycles. The third-order valence-electron chi connectivity index (χ3n) is 4.73. The molecule has 7 heteroatoms. The van der Waals surface area contributed by atoms with Crippen LogP contribution in [0, 0.1) is 5.41 Å². The molecular weight excluding hydrogens is 378 g/mol. The fourth-order valence-corrected chi connectivity index (χ4v) is 6.45. The lowest BCUT2D eigenvalue weighted by Crippen LogP contribution is -2.33. The Kier molecular flexibility index (Phi) is 4.90. The number of ether oxygens (including phenoxy) is 1. The Hall–Kier alpha value is -1.47. The van der Waals surface area contributed by atoms with Gasteiger partial charge in [0.25, 0.3) is 0 Å². The number of benzene rings is 2. The molecule has 4 nitrogen and oxygen atoms in total. The van der Waals surface area contributed by atoms with Crippen molar-refractivity contribution in [2.24, 2.45) is 11.1 Å². The van der Waals surface area contributed by atoms with E-state index in [0.717, 1.165) is 5.56 Å². The molecule has 0 heterocycles. The highest BCUT2D eigenvalue weighted by atomic mass is 35.5. The summed E-state index contributed by atoms with van der Waals surface area (Å²) in [7, 11) is -2.11. The Morgan fingerprint density at radius 2 is 1.80 bits per heavy atom. The van der Waals surface area contributed by atoms with E-state index in [1.807, 2.05) is 12.1 Å². The molecule has 1 saturated carbocycles. The van der Waals surface area contributed by atoms with Crippen LogP contribution in [0.1, 0.15) is 11.5 Å². The molecule has 1 aliphatic rings. The van der Waals surface area contributed by atoms with Gasteiger partial charge < -0.3 is 10.5 Å². The van der Waals surface area contributed by atoms with Gasteiger partial charge in [0, 0.05) is 18.1 Å². The fraction of sp³-hybridized carbons (Fsp3) is 0.278. The van der Waals surface area contributed by atoms with E-state index in [1.165, 1.54) is 7.11 Å². The number of sulfone groups is 1. The zero-order valence-corrected chi connectivity index (χ0v) is 15.9. The summed E-state index contributed by atoms with van der Waals surface area (Å²) in [6.45, 7) is 0.145. The molecule has 1 fully saturated rings. The van der Waals surface area contributed by atoms with Gasteiger partial charge in [0.05, 0.1) is 27.2 Å². The van der Waals surface area contributed by atoms with Crippen LogP contribution in [0.25, 0.3) is 0 Å². The second kappa shape index (κ2) is 6.68. The normalized spacial score (nSPS) is 25.5. The minimum atomic E-state index is -3.63. The predicted octanol–water partition coefficient (Wildman–Crippen LogP) is 3.20. The number of hydrogen-bond donors (Lipinski definition) is 1. The lowest BCUT2D eigenvalue weighted by Gasteiger charge is -2.16. The zero-order valence-electron chi connectivity index (χ0n) is 13.6. The van der Waals surface area contributed by atoms with E-state index in [-0.39, 0.29) is 22.4 Å². The van der Waals surface area contributed by atoms with Crippen LogP contribution < -0.4 is 5.73 Å². The summed E-state index contributed by atoms with van der Waals surface area (Å²) in [5, 5.41) is -0.180. The van der Waals surface area contributed by atoms with Crippen LogP contribution >= 0.6 is 23.8 Å². The Bertz CT molecular complexity index is 884. The summed E-state index contributed by atoms with van der Waals surface area (Å²) in [5.41, 5.74) is 5.91. The summed E-state index contributed by atoms with van der Waals surface area (Å²) < 4.78 is 31.8. The van der Waals surface area contributed by atoms with Crippen LogP contribution in [0.4, 0.5) is 0 Å². The lowest BCUT2D eigenvalue weighted by molar-refractivity contribution is 0.166. The van der Waals surface area contributed by atoms with Crippen LogP contribution in [0.2, 0.25) is 5.02 Å². The molecule has 0 radical (unpaired) electrons. The van der Waals surface area contributed by atoms with E-state index in [2.05, 4.69) is 0 Å². The minimum absolute atomic E-state index is 0.145. The first-order chi connectivity index (χ1) is 11.9. The maximum absolute atomic E-state index is 13.2. The van der Waals surface area contributed by atoms with Crippen molar-refractivity contribution in [3.05, 3.63) is 65.2 Å². The highest BCUT2D eigenvalue weighted by molar-refractivity contribution is 7.92. The number of methoxy groups -OCH3 is 1. The SMILES string of the molecule is COC[C@]1(C(N)=S)[C@H](c2ccc(Cl)cc2)[C@H]1S(=O)(=O)c1ccccc1. The molecule has 0 aromatic heterocycles. The minimum Gasteiger partial charge on any atom is -0.393 e. The van der Waals surface area contributed by atoms with Gasteiger partial charge in [-0.25, -0.2) is 8.42 Å². The van der Waals surface area contributed by atoms with Crippen LogP contribution in [0.5, 0.6) is 0 Å². The van der Waals surface area contributed by atoms with Gasteiger partial charge in [-0.1, -0.05) is 54.2 Å². The largest absolute Gasteiger partial charge is 0.393 e. The van der Waals surface area contributed by atoms with Crippen molar-refractivity contribution in [1.29, 1.82) is 0 Å². The second-order valence-corrected chi connectivity index (χ2v) is 9.09. The van der Waals surface area contributed by atoms with E-state index in [9.17, 15) is 8.42 Å². The molecule has 25 heavy (non-hydrogen) atoms. The molecule has 2 aromatic rings. The number of nitrogens with two attached hydrogens (primary N) is 1. The molecule has 0 aliphatic heterocycles. The third kappa shape index (κ3) is 2.97. The van der Waals surface area contributed by atoms with Crippen LogP contribution in [0.3, 0.4) is 0 Å². The summed E-state index contributed by atoms with van der Waals surface area (Å²) in [4.78, 5) is 0.409. The van der Waals surface area contributed by atoms with Crippen LogP contribution in [-0.4, -0.2) is 32.4 Å². The molecule has 0 bridgehead atoms. The standard InChI is InChI=1S/C18H18ClNO3S2/c1-23-11-18(17(20)24)15(12-7-9-13(19)10-8-12)16(18)25(21,22)14-5-3-2-4-6-14/h2-10,15-16H,11H2,1H3,(H2,20,24)/t15-,16-,18+/m1/s1. The molecule has 0 spiro atoms. The first-order valence-corrected chi connectivity index (χ1v) is 10.0. The Morgan fingerprint density at radius 1 is 1.20 bits per heavy atom. The number of rotatable bonds is 6. The molecule has 2 N–H and O–H groups in total. The average molecular weight is 396 g/mol. The van der Waals surface area contributed by atoms with Crippen molar-refractivity contribution in [2.45, 2.75) is 16.1 Å². The van der Waals surface area contributed by atoms with Crippen molar-refractivity contribution >= 4 is 38.6 Å². The van der Waals surface area contributed by atoms with Crippen LogP contribution in [-0.2, 0) is 14.6 Å². The number of thiocarbonyl (C=S) groups is 1. The quantitative estimate of drug-likeness (QED) is 0.760. The Morgan fingerprint density at radius 3 is 2.32 bits per heavy atom. The first kappa shape index (κ1) is 18.3. The molecule has 3 atom stereocenters. The van der Waals surface area contributed by atoms with E-state index in [1.54, 1.807) is 42.5 Å². The molecule has 0 saturated heterocycles. The van der Waals surface area contributed by atoms with Gasteiger partial charge in [0.1, 0.15) is 0 Å². The Balaban J connectivity index is 2.12. The molecule has 0 amide bonds. The number of hydrogen-bond acceptors (Lipinski definition) is 4. The van der Waals surface area contributed by atoms with Gasteiger partial charge in [-0.3, -0.25) is 0 Å². The highest BCUT2D eigenvalue weighted by Crippen LogP contribution is 2.64. The lowest BCUT2D eigenvalue weighted by atomic mass is 10.00. The van der Waals surface area contributed by atoms with E-state index in [0.29, 0.717) is 5.02 Å². The van der Waals surface area contributed by atoms with E-state index >= 15 is 0 Å². The van der Waals surface area contributed by atoms with Crippen LogP contribution in [0.15, 0.2) is 59.5 Å². The van der Waals surface area contributed by atoms with Gasteiger partial charge in [0.2, 0.25) is 0 Å². The van der Waals surface area contributed by atoms with Crippen molar-refractivity contribution < 1.29 is 13.2 Å². The molecule has 132 valence electrons. The van der Waals surface area contributed by atoms with Gasteiger partial charge in [-0.05, 0) is 29.8 Å². The van der Waals surface area contributed by atoms with Crippen molar-refractivity contribution in [3.8, 4) is 0 Å². The predicted molar refractivity (Wildman–Crippen MR) is 103 cm³/mol. The van der Waals surface area contributed by atoms with Gasteiger partial charge in [0.15, 0.2) is 9.84 Å². The molecule has 1 aliphatic carbocycles. The summed E-state index contributed by atoms with van der Waals surface area (Å²) >= 11 is 11.2. The van der Waals surface area contributed by atoms with Crippen molar-refractivity contribution in [3.63, 3.8) is 0 Å². The summed E-state index contributed by atoms with van der Waals surface area (Å²) in [6, 6.07) is 15.5. The van der Waals surface area contributed by atoms with Crippen molar-refractivity contribution in [1.82, 2.24) is 0 Å². The maximum Gasteiger partial charge on any atom is 0.182 e. The number of halogens is 1. The van der Waals surface area contributed by atoms with Gasteiger partial charge >= 0.3 is 0 Å².